The maximum atomic E-state index is 11.2. The van der Waals surface area contributed by atoms with Crippen molar-refractivity contribution in [1.29, 1.82) is 0 Å². The third kappa shape index (κ3) is 2.55. The molecular formula is C18H17N3O3. The standard InChI is InChI=1S/C18H17N3O3/c22-21(23)14-6-7-17-16(10-14)18(13-4-2-1-3-5-13)19-11-15-12-24-9-8-20(15)17/h1-7,10,15H,8-9,11-12H2. The molecule has 6 heteroatoms. The van der Waals surface area contributed by atoms with E-state index in [1.54, 1.807) is 12.1 Å². The number of nitro benzene ring substituents is 1. The summed E-state index contributed by atoms with van der Waals surface area (Å²) in [6.45, 7) is 2.68. The lowest BCUT2D eigenvalue weighted by molar-refractivity contribution is -0.384. The summed E-state index contributed by atoms with van der Waals surface area (Å²) < 4.78 is 5.59. The fourth-order valence-electron chi connectivity index (χ4n) is 3.33. The molecule has 1 fully saturated rings. The summed E-state index contributed by atoms with van der Waals surface area (Å²) in [6.07, 6.45) is 0. The van der Waals surface area contributed by atoms with Gasteiger partial charge in [0.1, 0.15) is 0 Å². The average molecular weight is 323 g/mol. The smallest absolute Gasteiger partial charge is 0.270 e. The molecular weight excluding hydrogens is 306 g/mol. The normalized spacial score (nSPS) is 19.8. The number of nitro groups is 1. The minimum absolute atomic E-state index is 0.0871. The highest BCUT2D eigenvalue weighted by Crippen LogP contribution is 2.32. The SMILES string of the molecule is O=[N+]([O-])c1ccc2c(c1)C(c1ccccc1)=NCC1COCCN21. The number of morpholine rings is 1. The highest BCUT2D eigenvalue weighted by Gasteiger charge is 2.30. The van der Waals surface area contributed by atoms with Gasteiger partial charge in [0.25, 0.3) is 5.69 Å². The molecule has 6 nitrogen and oxygen atoms in total. The molecule has 1 atom stereocenters. The van der Waals surface area contributed by atoms with Crippen LogP contribution in [0.2, 0.25) is 0 Å². The fraction of sp³-hybridized carbons (Fsp3) is 0.278. The van der Waals surface area contributed by atoms with Gasteiger partial charge in [-0.2, -0.15) is 0 Å². The second-order valence-corrected chi connectivity index (χ2v) is 5.94. The molecule has 0 saturated carbocycles. The Morgan fingerprint density at radius 1 is 1.21 bits per heavy atom. The lowest BCUT2D eigenvalue weighted by atomic mass is 9.99. The van der Waals surface area contributed by atoms with Crippen LogP contribution in [0.15, 0.2) is 53.5 Å². The van der Waals surface area contributed by atoms with Crippen LogP contribution in [-0.4, -0.2) is 43.0 Å². The first-order valence-electron chi connectivity index (χ1n) is 7.97. The van der Waals surface area contributed by atoms with Crippen LogP contribution in [0.5, 0.6) is 0 Å². The van der Waals surface area contributed by atoms with Gasteiger partial charge in [-0.05, 0) is 6.07 Å². The molecule has 0 aliphatic carbocycles. The maximum Gasteiger partial charge on any atom is 0.270 e. The van der Waals surface area contributed by atoms with E-state index in [2.05, 4.69) is 4.90 Å². The summed E-state index contributed by atoms with van der Waals surface area (Å²) in [5, 5.41) is 11.2. The Morgan fingerprint density at radius 2 is 2.04 bits per heavy atom. The van der Waals surface area contributed by atoms with Crippen molar-refractivity contribution in [1.82, 2.24) is 0 Å². The Labute approximate surface area is 139 Å². The minimum Gasteiger partial charge on any atom is -0.377 e. The number of rotatable bonds is 2. The lowest BCUT2D eigenvalue weighted by Crippen LogP contribution is -2.47. The van der Waals surface area contributed by atoms with Gasteiger partial charge >= 0.3 is 0 Å². The predicted octanol–water partition coefficient (Wildman–Crippen LogP) is 2.65. The van der Waals surface area contributed by atoms with Crippen LogP contribution in [0, 0.1) is 10.1 Å². The van der Waals surface area contributed by atoms with Crippen LogP contribution in [0.1, 0.15) is 11.1 Å². The van der Waals surface area contributed by atoms with Crippen LogP contribution >= 0.6 is 0 Å². The molecule has 2 aliphatic heterocycles. The number of hydrogen-bond acceptors (Lipinski definition) is 5. The van der Waals surface area contributed by atoms with Gasteiger partial charge < -0.3 is 9.64 Å². The summed E-state index contributed by atoms with van der Waals surface area (Å²) in [4.78, 5) is 17.9. The number of anilines is 1. The van der Waals surface area contributed by atoms with Gasteiger partial charge in [-0.1, -0.05) is 30.3 Å². The molecule has 2 aromatic rings. The van der Waals surface area contributed by atoms with Crippen molar-refractivity contribution in [3.8, 4) is 0 Å². The summed E-state index contributed by atoms with van der Waals surface area (Å²) in [5.41, 5.74) is 3.68. The molecule has 122 valence electrons. The third-order valence-corrected chi connectivity index (χ3v) is 4.49. The number of hydrogen-bond donors (Lipinski definition) is 0. The number of nitrogens with zero attached hydrogens (tertiary/aromatic N) is 3. The molecule has 0 spiro atoms. The zero-order valence-electron chi connectivity index (χ0n) is 13.1. The summed E-state index contributed by atoms with van der Waals surface area (Å²) in [5.74, 6) is 0. The van der Waals surface area contributed by atoms with Gasteiger partial charge in [0, 0.05) is 35.5 Å². The number of ether oxygens (including phenoxy) is 1. The monoisotopic (exact) mass is 323 g/mol. The molecule has 1 saturated heterocycles. The van der Waals surface area contributed by atoms with E-state index in [-0.39, 0.29) is 16.7 Å². The molecule has 4 rings (SSSR count). The quantitative estimate of drug-likeness (QED) is 0.629. The third-order valence-electron chi connectivity index (χ3n) is 4.49. The maximum absolute atomic E-state index is 11.2. The van der Waals surface area contributed by atoms with Crippen molar-refractivity contribution in [3.05, 3.63) is 69.8 Å². The highest BCUT2D eigenvalue weighted by atomic mass is 16.6. The molecule has 2 aliphatic rings. The Hall–Kier alpha value is -2.73. The molecule has 0 amide bonds. The second-order valence-electron chi connectivity index (χ2n) is 5.94. The van der Waals surface area contributed by atoms with Gasteiger partial charge in [-0.3, -0.25) is 15.1 Å². The van der Waals surface area contributed by atoms with Gasteiger partial charge in [0.2, 0.25) is 0 Å². The Bertz CT molecular complexity index is 804. The minimum atomic E-state index is -0.357. The van der Waals surface area contributed by atoms with Gasteiger partial charge in [-0.25, -0.2) is 0 Å². The van der Waals surface area contributed by atoms with E-state index in [1.165, 1.54) is 0 Å². The van der Waals surface area contributed by atoms with E-state index >= 15 is 0 Å². The van der Waals surface area contributed by atoms with E-state index in [4.69, 9.17) is 9.73 Å². The van der Waals surface area contributed by atoms with E-state index in [0.717, 1.165) is 29.1 Å². The van der Waals surface area contributed by atoms with Gasteiger partial charge in [0.05, 0.1) is 36.4 Å². The van der Waals surface area contributed by atoms with Crippen molar-refractivity contribution in [2.75, 3.05) is 31.2 Å². The Balaban J connectivity index is 1.90. The van der Waals surface area contributed by atoms with Crippen molar-refractivity contribution in [2.24, 2.45) is 4.99 Å². The summed E-state index contributed by atoms with van der Waals surface area (Å²) >= 11 is 0. The molecule has 0 bridgehead atoms. The summed E-state index contributed by atoms with van der Waals surface area (Å²) in [6, 6.07) is 15.1. The molecule has 2 heterocycles. The van der Waals surface area contributed by atoms with E-state index < -0.39 is 0 Å². The van der Waals surface area contributed by atoms with Crippen molar-refractivity contribution in [2.45, 2.75) is 6.04 Å². The highest BCUT2D eigenvalue weighted by molar-refractivity contribution is 6.16. The van der Waals surface area contributed by atoms with E-state index in [1.807, 2.05) is 36.4 Å². The van der Waals surface area contributed by atoms with Crippen LogP contribution in [0.25, 0.3) is 0 Å². The average Bonchev–Trinajstić information content (AvgIpc) is 2.79. The van der Waals surface area contributed by atoms with Crippen LogP contribution in [-0.2, 0) is 4.74 Å². The number of aliphatic imine (C=N–C) groups is 1. The largest absolute Gasteiger partial charge is 0.377 e. The lowest BCUT2D eigenvalue weighted by Gasteiger charge is -2.36. The van der Waals surface area contributed by atoms with Crippen LogP contribution in [0.4, 0.5) is 11.4 Å². The second kappa shape index (κ2) is 6.05. The first-order valence-corrected chi connectivity index (χ1v) is 7.97. The zero-order chi connectivity index (χ0) is 16.5. The molecule has 0 radical (unpaired) electrons. The predicted molar refractivity (Wildman–Crippen MR) is 92.0 cm³/mol. The number of non-ortho nitro benzene ring substituents is 1. The number of benzene rings is 2. The molecule has 2 aromatic carbocycles. The van der Waals surface area contributed by atoms with Crippen LogP contribution in [0.3, 0.4) is 0 Å². The van der Waals surface area contributed by atoms with Gasteiger partial charge in [0.15, 0.2) is 0 Å². The molecule has 24 heavy (non-hydrogen) atoms. The van der Waals surface area contributed by atoms with E-state index in [9.17, 15) is 10.1 Å². The van der Waals surface area contributed by atoms with Crippen molar-refractivity contribution in [3.63, 3.8) is 0 Å². The summed E-state index contributed by atoms with van der Waals surface area (Å²) in [7, 11) is 0. The van der Waals surface area contributed by atoms with Crippen LogP contribution < -0.4 is 4.90 Å². The van der Waals surface area contributed by atoms with Crippen molar-refractivity contribution >= 4 is 17.1 Å². The molecule has 0 aromatic heterocycles. The van der Waals surface area contributed by atoms with Crippen molar-refractivity contribution < 1.29 is 9.66 Å². The topological polar surface area (TPSA) is 68.0 Å². The first-order chi connectivity index (χ1) is 11.7. The first kappa shape index (κ1) is 14.8. The van der Waals surface area contributed by atoms with Gasteiger partial charge in [-0.15, -0.1) is 0 Å². The molecule has 1 unspecified atom stereocenters. The molecule has 0 N–H and O–H groups in total. The van der Waals surface area contributed by atoms with E-state index in [0.29, 0.717) is 19.8 Å². The Morgan fingerprint density at radius 3 is 2.83 bits per heavy atom. The Kier molecular flexibility index (Phi) is 3.74. The fourth-order valence-corrected chi connectivity index (χ4v) is 3.33. The zero-order valence-corrected chi connectivity index (χ0v) is 13.1. The number of fused-ring (bicyclic) bond motifs is 3.